The average molecular weight is 469 g/mol. The van der Waals surface area contributed by atoms with Gasteiger partial charge in [-0.05, 0) is 33.0 Å². The van der Waals surface area contributed by atoms with E-state index < -0.39 is 6.09 Å². The Bertz CT molecular complexity index is 1200. The van der Waals surface area contributed by atoms with Gasteiger partial charge < -0.3 is 24.7 Å². The quantitative estimate of drug-likeness (QED) is 0.604. The van der Waals surface area contributed by atoms with E-state index in [1.807, 2.05) is 30.9 Å². The van der Waals surface area contributed by atoms with Gasteiger partial charge in [0, 0.05) is 56.9 Å². The van der Waals surface area contributed by atoms with Gasteiger partial charge in [-0.3, -0.25) is 5.10 Å². The van der Waals surface area contributed by atoms with E-state index in [4.69, 9.17) is 4.98 Å². The zero-order valence-electron chi connectivity index (χ0n) is 19.6. The lowest BCUT2D eigenvalue weighted by molar-refractivity contribution is 0.128. The number of H-pyrrole nitrogens is 1. The van der Waals surface area contributed by atoms with E-state index in [2.05, 4.69) is 32.0 Å². The molecule has 0 aliphatic carbocycles. The summed E-state index contributed by atoms with van der Waals surface area (Å²) in [7, 11) is 2.07. The van der Waals surface area contributed by atoms with Crippen LogP contribution < -0.4 is 9.80 Å². The zero-order chi connectivity index (χ0) is 24.0. The maximum atomic E-state index is 15.1. The number of carbonyl (C=O) groups is 1. The summed E-state index contributed by atoms with van der Waals surface area (Å²) < 4.78 is 15.1. The van der Waals surface area contributed by atoms with Gasteiger partial charge in [0.05, 0.1) is 11.9 Å². The van der Waals surface area contributed by atoms with Crippen LogP contribution in [0.5, 0.6) is 0 Å². The maximum Gasteiger partial charge on any atom is 0.407 e. The summed E-state index contributed by atoms with van der Waals surface area (Å²) in [5.41, 5.74) is 3.07. The minimum atomic E-state index is -0.922. The molecule has 0 spiro atoms. The summed E-state index contributed by atoms with van der Waals surface area (Å²) in [6.07, 6.45) is 0.750. The molecule has 11 heteroatoms. The molecule has 2 atom stereocenters. The number of nitrogens with zero attached hydrogens (tertiary/aromatic N) is 7. The molecule has 2 unspecified atom stereocenters. The number of nitrogens with one attached hydrogen (secondary N) is 1. The van der Waals surface area contributed by atoms with Gasteiger partial charge in [0.15, 0.2) is 0 Å². The molecular weight excluding hydrogens is 439 g/mol. The third kappa shape index (κ3) is 4.00. The highest BCUT2D eigenvalue weighted by atomic mass is 19.1. The van der Waals surface area contributed by atoms with Crippen LogP contribution >= 0.6 is 0 Å². The lowest BCUT2D eigenvalue weighted by Gasteiger charge is -2.43. The van der Waals surface area contributed by atoms with Crippen LogP contribution in [0.15, 0.2) is 24.4 Å². The topological polar surface area (TPSA) is 105 Å². The van der Waals surface area contributed by atoms with Gasteiger partial charge in [-0.2, -0.15) is 5.10 Å². The maximum absolute atomic E-state index is 15.1. The van der Waals surface area contributed by atoms with Crippen molar-refractivity contribution in [2.45, 2.75) is 25.9 Å². The molecule has 1 aromatic carbocycles. The summed E-state index contributed by atoms with van der Waals surface area (Å²) in [6.45, 7) is 8.06. The number of benzene rings is 1. The molecule has 2 aliphatic rings. The lowest BCUT2D eigenvalue weighted by Crippen LogP contribution is -2.58. The Kier molecular flexibility index (Phi) is 5.72. The molecule has 2 saturated heterocycles. The molecule has 2 aromatic heterocycles. The van der Waals surface area contributed by atoms with Crippen LogP contribution in [0, 0.1) is 5.82 Å². The monoisotopic (exact) mass is 468 g/mol. The van der Waals surface area contributed by atoms with E-state index in [1.165, 1.54) is 11.0 Å². The molecule has 4 heterocycles. The van der Waals surface area contributed by atoms with Crippen LogP contribution in [-0.2, 0) is 0 Å². The molecule has 5 rings (SSSR count). The van der Waals surface area contributed by atoms with E-state index in [9.17, 15) is 9.90 Å². The van der Waals surface area contributed by atoms with Crippen LogP contribution in [0.1, 0.15) is 13.8 Å². The summed E-state index contributed by atoms with van der Waals surface area (Å²) >= 11 is 0. The fraction of sp³-hybridized carbons (Fsp3) is 0.478. The van der Waals surface area contributed by atoms with Crippen molar-refractivity contribution < 1.29 is 14.3 Å². The van der Waals surface area contributed by atoms with E-state index in [0.717, 1.165) is 26.2 Å². The van der Waals surface area contributed by atoms with Crippen molar-refractivity contribution in [3.05, 3.63) is 30.2 Å². The van der Waals surface area contributed by atoms with Crippen molar-refractivity contribution in [3.63, 3.8) is 0 Å². The highest BCUT2D eigenvalue weighted by Crippen LogP contribution is 2.31. The Labute approximate surface area is 197 Å². The van der Waals surface area contributed by atoms with Crippen molar-refractivity contribution in [1.82, 2.24) is 30.0 Å². The highest BCUT2D eigenvalue weighted by molar-refractivity contribution is 5.90. The Morgan fingerprint density at radius 3 is 2.50 bits per heavy atom. The molecule has 10 nitrogen and oxygen atoms in total. The molecule has 3 aromatic rings. The number of piperazine rings is 2. The Morgan fingerprint density at radius 2 is 1.85 bits per heavy atom. The van der Waals surface area contributed by atoms with Crippen molar-refractivity contribution in [2.24, 2.45) is 0 Å². The van der Waals surface area contributed by atoms with Gasteiger partial charge in [-0.25, -0.2) is 19.2 Å². The van der Waals surface area contributed by atoms with Crippen LogP contribution in [-0.4, -0.2) is 99.6 Å². The summed E-state index contributed by atoms with van der Waals surface area (Å²) in [6, 6.07) is 5.03. The number of carboxylic acid groups (broad SMARTS) is 1. The van der Waals surface area contributed by atoms with Gasteiger partial charge in [-0.1, -0.05) is 6.07 Å². The second-order valence-electron chi connectivity index (χ2n) is 9.25. The predicted octanol–water partition coefficient (Wildman–Crippen LogP) is 2.49. The standard InChI is InChI=1S/C23H29FN8O2/c1-14-12-31(23(33)34)13-15(2)32(14)22-25-11-18-21(26-22)20(28-27-18)16-4-5-19(17(24)10-16)30-8-6-29(3)7-9-30/h4-5,10-11,14-15H,6-9,12-13H2,1-3H3,(H,27,28)(H,33,34). The smallest absolute Gasteiger partial charge is 0.407 e. The van der Waals surface area contributed by atoms with E-state index in [0.29, 0.717) is 47.0 Å². The van der Waals surface area contributed by atoms with E-state index in [-0.39, 0.29) is 17.9 Å². The molecule has 1 amide bonds. The SMILES string of the molecule is CC1CN(C(=O)O)CC(C)N1c1ncc2[nH]nc(-c3ccc(N4CCN(C)CC4)c(F)c3)c2n1. The third-order valence-corrected chi connectivity index (χ3v) is 6.77. The van der Waals surface area contributed by atoms with Crippen LogP contribution in [0.25, 0.3) is 22.3 Å². The number of hydrogen-bond donors (Lipinski definition) is 2. The number of anilines is 2. The number of likely N-dealkylation sites (N-methyl/N-ethyl adjacent to an activating group) is 1. The molecule has 0 radical (unpaired) electrons. The molecule has 34 heavy (non-hydrogen) atoms. The molecule has 0 saturated carbocycles. The first-order valence-corrected chi connectivity index (χ1v) is 11.5. The largest absolute Gasteiger partial charge is 0.465 e. The van der Waals surface area contributed by atoms with Crippen LogP contribution in [0.4, 0.5) is 20.8 Å². The predicted molar refractivity (Wildman–Crippen MR) is 128 cm³/mol. The summed E-state index contributed by atoms with van der Waals surface area (Å²) in [4.78, 5) is 28.5. The van der Waals surface area contributed by atoms with E-state index >= 15 is 4.39 Å². The molecule has 2 N–H and O–H groups in total. The molecule has 0 bridgehead atoms. The molecule has 2 aliphatic heterocycles. The number of fused-ring (bicyclic) bond motifs is 1. The normalized spacial score (nSPS) is 21.9. The molecule has 180 valence electrons. The van der Waals surface area contributed by atoms with Gasteiger partial charge in [0.2, 0.25) is 5.95 Å². The first-order valence-electron chi connectivity index (χ1n) is 11.5. The van der Waals surface area contributed by atoms with Gasteiger partial charge in [0.1, 0.15) is 22.5 Å². The number of halogens is 1. The third-order valence-electron chi connectivity index (χ3n) is 6.77. The fourth-order valence-corrected chi connectivity index (χ4v) is 4.96. The first kappa shape index (κ1) is 22.3. The second kappa shape index (κ2) is 8.71. The highest BCUT2D eigenvalue weighted by Gasteiger charge is 2.33. The van der Waals surface area contributed by atoms with Gasteiger partial charge in [-0.15, -0.1) is 0 Å². The number of aromatic nitrogens is 4. The van der Waals surface area contributed by atoms with Crippen molar-refractivity contribution in [2.75, 3.05) is 56.1 Å². The first-order chi connectivity index (χ1) is 16.3. The van der Waals surface area contributed by atoms with Crippen molar-refractivity contribution in [1.29, 1.82) is 0 Å². The average Bonchev–Trinajstić information content (AvgIpc) is 3.22. The lowest BCUT2D eigenvalue weighted by atomic mass is 10.1. The Balaban J connectivity index is 1.45. The fourth-order valence-electron chi connectivity index (χ4n) is 4.96. The van der Waals surface area contributed by atoms with Crippen LogP contribution in [0.2, 0.25) is 0 Å². The summed E-state index contributed by atoms with van der Waals surface area (Å²) in [5, 5.41) is 16.7. The van der Waals surface area contributed by atoms with Crippen molar-refractivity contribution in [3.8, 4) is 11.3 Å². The Morgan fingerprint density at radius 1 is 1.15 bits per heavy atom. The second-order valence-corrected chi connectivity index (χ2v) is 9.25. The van der Waals surface area contributed by atoms with Crippen LogP contribution in [0.3, 0.4) is 0 Å². The van der Waals surface area contributed by atoms with Gasteiger partial charge in [0.25, 0.3) is 0 Å². The molecular formula is C23H29FN8O2. The number of rotatable bonds is 3. The van der Waals surface area contributed by atoms with E-state index in [1.54, 1.807) is 6.20 Å². The number of amides is 1. The minimum absolute atomic E-state index is 0.0898. The number of aromatic amines is 1. The zero-order valence-corrected chi connectivity index (χ0v) is 19.6. The Hall–Kier alpha value is -3.47. The summed E-state index contributed by atoms with van der Waals surface area (Å²) in [5.74, 6) is 0.231. The number of hydrogen-bond acceptors (Lipinski definition) is 7. The van der Waals surface area contributed by atoms with Gasteiger partial charge >= 0.3 is 6.09 Å². The van der Waals surface area contributed by atoms with Crippen molar-refractivity contribution >= 4 is 28.8 Å². The minimum Gasteiger partial charge on any atom is -0.465 e. The molecule has 2 fully saturated rings.